The highest BCUT2D eigenvalue weighted by Gasteiger charge is 2.46. The molecule has 1 aliphatic rings. The Bertz CT molecular complexity index is 1070. The molecular weight excluding hydrogens is 463 g/mol. The second-order valence-electron chi connectivity index (χ2n) is 7.91. The van der Waals surface area contributed by atoms with Gasteiger partial charge in [-0.3, -0.25) is 9.59 Å². The summed E-state index contributed by atoms with van der Waals surface area (Å²) in [6.45, 7) is 8.67. The van der Waals surface area contributed by atoms with Crippen LogP contribution in [0.25, 0.3) is 5.76 Å². The van der Waals surface area contributed by atoms with Gasteiger partial charge in [-0.25, -0.2) is 0 Å². The molecule has 0 aromatic heterocycles. The molecule has 33 heavy (non-hydrogen) atoms. The summed E-state index contributed by atoms with van der Waals surface area (Å²) in [4.78, 5) is 30.0. The van der Waals surface area contributed by atoms with Gasteiger partial charge >= 0.3 is 0 Å². The highest BCUT2D eigenvalue weighted by atomic mass is 35.5. The van der Waals surface area contributed by atoms with Crippen LogP contribution in [0.4, 0.5) is 0 Å². The molecule has 1 amide bonds. The van der Waals surface area contributed by atoms with Gasteiger partial charge in [0.05, 0.1) is 28.8 Å². The first-order valence-electron chi connectivity index (χ1n) is 10.8. The quantitative estimate of drug-likeness (QED) is 0.317. The maximum atomic E-state index is 13.2. The molecule has 0 bridgehead atoms. The van der Waals surface area contributed by atoms with Crippen molar-refractivity contribution in [1.29, 1.82) is 0 Å². The van der Waals surface area contributed by atoms with Gasteiger partial charge < -0.3 is 19.6 Å². The highest BCUT2D eigenvalue weighted by Crippen LogP contribution is 2.42. The third-order valence-corrected chi connectivity index (χ3v) is 6.49. The standard InChI is InChI=1S/C25H28Cl2N2O4/c1-5-28(6-2)10-11-29-21(16-9-7-8-15(3)12-16)20(23(31)25(29)32)22(30)17-13-18(26)24(33-4)19(27)14-17/h7-9,12-14,21,30H,5-6,10-11H2,1-4H3/b22-20+. The van der Waals surface area contributed by atoms with Crippen LogP contribution in [0, 0.1) is 6.92 Å². The fraction of sp³-hybridized carbons (Fsp3) is 0.360. The number of rotatable bonds is 8. The smallest absolute Gasteiger partial charge is 0.295 e. The molecule has 3 rings (SSSR count). The number of hydrogen-bond acceptors (Lipinski definition) is 5. The largest absolute Gasteiger partial charge is 0.507 e. The third-order valence-electron chi connectivity index (χ3n) is 5.93. The SMILES string of the molecule is CCN(CC)CCN1C(=O)C(=O)/C(=C(/O)c2cc(Cl)c(OC)c(Cl)c2)C1c1cccc(C)c1. The van der Waals surface area contributed by atoms with E-state index in [2.05, 4.69) is 4.90 Å². The van der Waals surface area contributed by atoms with Crippen molar-refractivity contribution in [2.45, 2.75) is 26.8 Å². The molecule has 1 N–H and O–H groups in total. The van der Waals surface area contributed by atoms with E-state index in [1.807, 2.05) is 45.0 Å². The van der Waals surface area contributed by atoms with E-state index >= 15 is 0 Å². The van der Waals surface area contributed by atoms with Crippen LogP contribution >= 0.6 is 23.2 Å². The van der Waals surface area contributed by atoms with Crippen molar-refractivity contribution in [2.75, 3.05) is 33.3 Å². The molecule has 2 aromatic rings. The van der Waals surface area contributed by atoms with Crippen molar-refractivity contribution in [1.82, 2.24) is 9.80 Å². The van der Waals surface area contributed by atoms with Crippen LogP contribution in [0.5, 0.6) is 5.75 Å². The lowest BCUT2D eigenvalue weighted by molar-refractivity contribution is -0.140. The monoisotopic (exact) mass is 490 g/mol. The van der Waals surface area contributed by atoms with Crippen LogP contribution in [0.1, 0.15) is 36.6 Å². The Morgan fingerprint density at radius 3 is 2.30 bits per heavy atom. The van der Waals surface area contributed by atoms with E-state index < -0.39 is 17.7 Å². The molecule has 6 nitrogen and oxygen atoms in total. The molecule has 176 valence electrons. The molecule has 8 heteroatoms. The minimum absolute atomic E-state index is 0.0162. The molecule has 0 radical (unpaired) electrons. The maximum absolute atomic E-state index is 13.2. The number of halogens is 2. The lowest BCUT2D eigenvalue weighted by Gasteiger charge is -2.28. The summed E-state index contributed by atoms with van der Waals surface area (Å²) >= 11 is 12.5. The molecule has 1 fully saturated rings. The molecule has 1 saturated heterocycles. The summed E-state index contributed by atoms with van der Waals surface area (Å²) in [6.07, 6.45) is 0. The van der Waals surface area contributed by atoms with Crippen molar-refractivity contribution in [3.8, 4) is 5.75 Å². The molecule has 1 aliphatic heterocycles. The summed E-state index contributed by atoms with van der Waals surface area (Å²) in [6, 6.07) is 9.80. The van der Waals surface area contributed by atoms with Crippen molar-refractivity contribution < 1.29 is 19.4 Å². The van der Waals surface area contributed by atoms with Crippen LogP contribution in [0.2, 0.25) is 10.0 Å². The molecule has 1 unspecified atom stereocenters. The van der Waals surface area contributed by atoms with Gasteiger partial charge in [0.15, 0.2) is 5.75 Å². The summed E-state index contributed by atoms with van der Waals surface area (Å²) in [5.74, 6) is -1.43. The van der Waals surface area contributed by atoms with Gasteiger partial charge in [-0.05, 0) is 37.7 Å². The number of carbonyl (C=O) groups is 2. The Labute approximate surface area is 204 Å². The van der Waals surface area contributed by atoms with Crippen molar-refractivity contribution in [2.24, 2.45) is 0 Å². The van der Waals surface area contributed by atoms with Gasteiger partial charge in [-0.2, -0.15) is 0 Å². The Morgan fingerprint density at radius 1 is 1.12 bits per heavy atom. The van der Waals surface area contributed by atoms with E-state index in [9.17, 15) is 14.7 Å². The normalized spacial score (nSPS) is 17.8. The van der Waals surface area contributed by atoms with Crippen molar-refractivity contribution in [3.63, 3.8) is 0 Å². The van der Waals surface area contributed by atoms with E-state index in [0.29, 0.717) is 13.1 Å². The van der Waals surface area contributed by atoms with Crippen LogP contribution in [0.3, 0.4) is 0 Å². The van der Waals surface area contributed by atoms with Crippen LogP contribution in [-0.4, -0.2) is 59.9 Å². The lowest BCUT2D eigenvalue weighted by atomic mass is 9.94. The summed E-state index contributed by atoms with van der Waals surface area (Å²) < 4.78 is 5.17. The number of aryl methyl sites for hydroxylation is 1. The fourth-order valence-corrected chi connectivity index (χ4v) is 4.77. The first-order chi connectivity index (χ1) is 15.7. The number of methoxy groups -OCH3 is 1. The van der Waals surface area contributed by atoms with Crippen LogP contribution in [-0.2, 0) is 9.59 Å². The second kappa shape index (κ2) is 10.6. The number of ketones is 1. The number of likely N-dealkylation sites (tertiary alicyclic amines) is 1. The Hall–Kier alpha value is -2.54. The molecule has 0 spiro atoms. The number of hydrogen-bond donors (Lipinski definition) is 1. The van der Waals surface area contributed by atoms with E-state index in [0.717, 1.165) is 24.2 Å². The first-order valence-corrected chi connectivity index (χ1v) is 11.6. The van der Waals surface area contributed by atoms with Crippen molar-refractivity contribution in [3.05, 3.63) is 68.7 Å². The lowest BCUT2D eigenvalue weighted by Crippen LogP contribution is -2.38. The zero-order chi connectivity index (χ0) is 24.3. The van der Waals surface area contributed by atoms with Gasteiger partial charge in [-0.15, -0.1) is 0 Å². The minimum atomic E-state index is -0.735. The molecule has 2 aromatic carbocycles. The van der Waals surface area contributed by atoms with E-state index in [4.69, 9.17) is 27.9 Å². The Balaban J connectivity index is 2.15. The number of aliphatic hydroxyl groups is 1. The number of nitrogens with zero attached hydrogens (tertiary/aromatic N) is 2. The average molecular weight is 491 g/mol. The topological polar surface area (TPSA) is 70.1 Å². The van der Waals surface area contributed by atoms with Gasteiger partial charge in [-0.1, -0.05) is 66.9 Å². The number of likely N-dealkylation sites (N-methyl/N-ethyl adjacent to an activating group) is 1. The molecular formula is C25H28Cl2N2O4. The first kappa shape index (κ1) is 25.1. The molecule has 1 atom stereocenters. The predicted octanol–water partition coefficient (Wildman–Crippen LogP) is 5.07. The zero-order valence-electron chi connectivity index (χ0n) is 19.2. The van der Waals surface area contributed by atoms with Gasteiger partial charge in [0.25, 0.3) is 11.7 Å². The average Bonchev–Trinajstić information content (AvgIpc) is 3.04. The minimum Gasteiger partial charge on any atom is -0.507 e. The zero-order valence-corrected chi connectivity index (χ0v) is 20.7. The summed E-state index contributed by atoms with van der Waals surface area (Å²) in [7, 11) is 1.44. The van der Waals surface area contributed by atoms with Crippen molar-refractivity contribution >= 4 is 40.7 Å². The van der Waals surface area contributed by atoms with Gasteiger partial charge in [0.1, 0.15) is 5.76 Å². The van der Waals surface area contributed by atoms with E-state index in [1.165, 1.54) is 24.1 Å². The fourth-order valence-electron chi connectivity index (χ4n) is 4.13. The molecule has 0 saturated carbocycles. The van der Waals surface area contributed by atoms with Gasteiger partial charge in [0, 0.05) is 18.7 Å². The molecule has 1 heterocycles. The third kappa shape index (κ3) is 5.03. The van der Waals surface area contributed by atoms with E-state index in [1.54, 1.807) is 0 Å². The van der Waals surface area contributed by atoms with Gasteiger partial charge in [0.2, 0.25) is 0 Å². The number of aliphatic hydroxyl groups excluding tert-OH is 1. The number of carbonyl (C=O) groups excluding carboxylic acids is 2. The summed E-state index contributed by atoms with van der Waals surface area (Å²) in [5, 5.41) is 11.6. The maximum Gasteiger partial charge on any atom is 0.295 e. The van der Waals surface area contributed by atoms with E-state index in [-0.39, 0.29) is 32.7 Å². The molecule has 0 aliphatic carbocycles. The number of benzene rings is 2. The predicted molar refractivity (Wildman–Crippen MR) is 131 cm³/mol. The number of amides is 1. The van der Waals surface area contributed by atoms with Crippen LogP contribution < -0.4 is 4.74 Å². The Kier molecular flexibility index (Phi) is 8.05. The Morgan fingerprint density at radius 2 is 1.76 bits per heavy atom. The highest BCUT2D eigenvalue weighted by molar-refractivity contribution is 6.46. The van der Waals surface area contributed by atoms with Crippen LogP contribution in [0.15, 0.2) is 42.0 Å². The number of Topliss-reactive ketones (excluding diaryl/α,β-unsaturated/α-hetero) is 1. The number of ether oxygens (including phenoxy) is 1. The summed E-state index contributed by atoms with van der Waals surface area (Å²) in [5.41, 5.74) is 1.99. The second-order valence-corrected chi connectivity index (χ2v) is 8.72.